The Morgan fingerprint density at radius 1 is 1.02 bits per heavy atom. The third kappa shape index (κ3) is 5.69. The molecule has 0 bridgehead atoms. The van der Waals surface area contributed by atoms with Gasteiger partial charge in [0.15, 0.2) is 11.6 Å². The molecule has 44 heavy (non-hydrogen) atoms. The summed E-state index contributed by atoms with van der Waals surface area (Å²) in [7, 11) is 1.33. The molecule has 2 aromatic heterocycles. The van der Waals surface area contributed by atoms with E-state index in [1.807, 2.05) is 5.32 Å². The number of aromatic nitrogens is 2. The van der Waals surface area contributed by atoms with Crippen LogP contribution in [0.25, 0.3) is 22.2 Å². The van der Waals surface area contributed by atoms with Gasteiger partial charge in [-0.1, -0.05) is 0 Å². The Morgan fingerprint density at radius 2 is 1.68 bits per heavy atom. The molecule has 4 aromatic rings. The average molecular weight is 620 g/mol. The van der Waals surface area contributed by atoms with Crippen molar-refractivity contribution in [1.82, 2.24) is 15.3 Å². The highest BCUT2D eigenvalue weighted by molar-refractivity contribution is 6.00. The second-order valence-electron chi connectivity index (χ2n) is 11.2. The molecule has 1 aliphatic rings. The Balaban J connectivity index is 1.58. The first-order chi connectivity index (χ1) is 20.5. The summed E-state index contributed by atoms with van der Waals surface area (Å²) < 4.78 is 93.7. The third-order valence-electron chi connectivity index (χ3n) is 7.47. The van der Waals surface area contributed by atoms with E-state index in [0.29, 0.717) is 16.8 Å². The number of methoxy groups -OCH3 is 1. The highest BCUT2D eigenvalue weighted by Gasteiger charge is 2.58. The number of hydrogen-bond acceptors (Lipinski definition) is 6. The zero-order valence-corrected chi connectivity index (χ0v) is 23.7. The van der Waals surface area contributed by atoms with E-state index in [1.165, 1.54) is 19.2 Å². The van der Waals surface area contributed by atoms with E-state index in [0.717, 1.165) is 56.5 Å². The van der Waals surface area contributed by atoms with E-state index < -0.39 is 64.2 Å². The van der Waals surface area contributed by atoms with Crippen molar-refractivity contribution in [3.8, 4) is 17.0 Å². The van der Waals surface area contributed by atoms with Crippen LogP contribution in [0.4, 0.5) is 26.3 Å². The summed E-state index contributed by atoms with van der Waals surface area (Å²) in [4.78, 5) is 21.1. The fourth-order valence-electron chi connectivity index (χ4n) is 4.94. The quantitative estimate of drug-likeness (QED) is 0.209. The van der Waals surface area contributed by atoms with Crippen LogP contribution in [0.2, 0.25) is 0 Å². The summed E-state index contributed by atoms with van der Waals surface area (Å²) in [5.74, 6) is -4.82. The SMILES string of the molecule is COc1cc(C(=O)NC[C@](O)(c2nc(-c3ccc(F)cc3)c(F)c(C(C)(C)O)c2F)C(F)(F)F)cc2cc(C3CC3)cnc12. The van der Waals surface area contributed by atoms with Crippen molar-refractivity contribution in [2.45, 2.75) is 50.0 Å². The summed E-state index contributed by atoms with van der Waals surface area (Å²) in [5.41, 5.74) is -9.41. The van der Waals surface area contributed by atoms with Gasteiger partial charge in [0.05, 0.1) is 24.8 Å². The molecule has 2 aromatic carbocycles. The van der Waals surface area contributed by atoms with Crippen LogP contribution in [-0.2, 0) is 11.2 Å². The molecule has 1 fully saturated rings. The standard InChI is InChI=1S/C31H27F6N3O4/c1-29(2,42)22-23(33)26(16-6-8-20(32)9-7-16)40-27(24(22)34)30(43,31(35,36)37)14-39-28(41)18-10-17-11-19(15-4-5-15)13-38-25(17)21(12-18)44-3/h6-13,15,42-43H,4-5,14H2,1-3H3,(H,39,41)/t30-/m0/s1. The number of nitrogens with zero attached hydrogens (tertiary/aromatic N) is 2. The largest absolute Gasteiger partial charge is 0.494 e. The number of halogens is 6. The van der Waals surface area contributed by atoms with E-state index >= 15 is 8.78 Å². The monoisotopic (exact) mass is 619 g/mol. The summed E-state index contributed by atoms with van der Waals surface area (Å²) in [6, 6.07) is 8.18. The van der Waals surface area contributed by atoms with Crippen molar-refractivity contribution in [2.75, 3.05) is 13.7 Å². The minimum Gasteiger partial charge on any atom is -0.494 e. The van der Waals surface area contributed by atoms with Gasteiger partial charge in [0, 0.05) is 22.7 Å². The molecular formula is C31H27F6N3O4. The predicted octanol–water partition coefficient (Wildman–Crippen LogP) is 6.01. The molecule has 232 valence electrons. The number of amides is 1. The number of alkyl halides is 3. The lowest BCUT2D eigenvalue weighted by atomic mass is 9.89. The first-order valence-corrected chi connectivity index (χ1v) is 13.5. The minimum atomic E-state index is -5.66. The Kier molecular flexibility index (Phi) is 7.83. The molecule has 2 heterocycles. The third-order valence-corrected chi connectivity index (χ3v) is 7.47. The van der Waals surface area contributed by atoms with Crippen molar-refractivity contribution in [2.24, 2.45) is 0 Å². The second-order valence-corrected chi connectivity index (χ2v) is 11.2. The van der Waals surface area contributed by atoms with Gasteiger partial charge in [-0.15, -0.1) is 0 Å². The Hall–Kier alpha value is -4.23. The number of carbonyl (C=O) groups is 1. The summed E-state index contributed by atoms with van der Waals surface area (Å²) in [6.45, 7) is 0.217. The number of hydrogen-bond donors (Lipinski definition) is 3. The van der Waals surface area contributed by atoms with Crippen molar-refractivity contribution in [1.29, 1.82) is 0 Å². The van der Waals surface area contributed by atoms with Crippen LogP contribution in [-0.4, -0.2) is 45.9 Å². The zero-order valence-electron chi connectivity index (χ0n) is 23.7. The Labute approximate surface area is 247 Å². The minimum absolute atomic E-state index is 0.134. The topological polar surface area (TPSA) is 105 Å². The molecule has 0 aliphatic heterocycles. The lowest BCUT2D eigenvalue weighted by Gasteiger charge is -2.32. The van der Waals surface area contributed by atoms with Crippen LogP contribution in [0.5, 0.6) is 5.75 Å². The van der Waals surface area contributed by atoms with Gasteiger partial charge in [0.2, 0.25) is 5.60 Å². The van der Waals surface area contributed by atoms with Gasteiger partial charge in [-0.05, 0) is 80.6 Å². The average Bonchev–Trinajstić information content (AvgIpc) is 3.80. The molecule has 0 radical (unpaired) electrons. The zero-order chi connectivity index (χ0) is 32.2. The van der Waals surface area contributed by atoms with Gasteiger partial charge >= 0.3 is 6.18 Å². The Morgan fingerprint density at radius 3 is 2.25 bits per heavy atom. The molecule has 0 unspecified atom stereocenters. The first kappa shape index (κ1) is 31.2. The first-order valence-electron chi connectivity index (χ1n) is 13.5. The number of aliphatic hydroxyl groups is 2. The molecular weight excluding hydrogens is 592 g/mol. The number of benzene rings is 2. The van der Waals surface area contributed by atoms with Crippen molar-refractivity contribution < 1.29 is 46.1 Å². The molecule has 0 saturated heterocycles. The van der Waals surface area contributed by atoms with Crippen LogP contribution in [0, 0.1) is 17.5 Å². The maximum Gasteiger partial charge on any atom is 0.424 e. The summed E-state index contributed by atoms with van der Waals surface area (Å²) in [5, 5.41) is 24.0. The molecule has 7 nitrogen and oxygen atoms in total. The summed E-state index contributed by atoms with van der Waals surface area (Å²) >= 11 is 0. The summed E-state index contributed by atoms with van der Waals surface area (Å²) in [6.07, 6.45) is -2.01. The normalized spacial score (nSPS) is 15.2. The van der Waals surface area contributed by atoms with E-state index in [9.17, 15) is 32.6 Å². The number of nitrogens with one attached hydrogen (secondary N) is 1. The molecule has 0 spiro atoms. The van der Waals surface area contributed by atoms with Crippen LogP contribution < -0.4 is 10.1 Å². The molecule has 3 N–H and O–H groups in total. The number of rotatable bonds is 8. The van der Waals surface area contributed by atoms with Crippen molar-refractivity contribution >= 4 is 16.8 Å². The van der Waals surface area contributed by atoms with E-state index in [1.54, 1.807) is 12.3 Å². The highest BCUT2D eigenvalue weighted by Crippen LogP contribution is 2.44. The van der Waals surface area contributed by atoms with Gasteiger partial charge in [-0.25, -0.2) is 18.2 Å². The van der Waals surface area contributed by atoms with Crippen LogP contribution in [0.3, 0.4) is 0 Å². The number of pyridine rings is 2. The molecule has 1 aliphatic carbocycles. The number of ether oxygens (including phenoxy) is 1. The lowest BCUT2D eigenvalue weighted by molar-refractivity contribution is -0.266. The van der Waals surface area contributed by atoms with Crippen LogP contribution in [0.15, 0.2) is 48.7 Å². The van der Waals surface area contributed by atoms with Crippen LogP contribution >= 0.6 is 0 Å². The van der Waals surface area contributed by atoms with Gasteiger partial charge in [0.25, 0.3) is 5.91 Å². The molecule has 1 saturated carbocycles. The Bertz CT molecular complexity index is 1750. The predicted molar refractivity (Wildman–Crippen MR) is 147 cm³/mol. The number of carbonyl (C=O) groups excluding carboxylic acids is 1. The fraction of sp³-hybridized carbons (Fsp3) is 0.323. The maximum absolute atomic E-state index is 15.7. The van der Waals surface area contributed by atoms with Crippen LogP contribution in [0.1, 0.15) is 59.8 Å². The maximum atomic E-state index is 15.7. The molecule has 13 heteroatoms. The van der Waals surface area contributed by atoms with Crippen molar-refractivity contribution in [3.05, 3.63) is 88.5 Å². The molecule has 5 rings (SSSR count). The fourth-order valence-corrected chi connectivity index (χ4v) is 4.94. The highest BCUT2D eigenvalue weighted by atomic mass is 19.4. The van der Waals surface area contributed by atoms with Crippen molar-refractivity contribution in [3.63, 3.8) is 0 Å². The van der Waals surface area contributed by atoms with E-state index in [-0.39, 0.29) is 16.9 Å². The van der Waals surface area contributed by atoms with Gasteiger partial charge < -0.3 is 20.3 Å². The lowest BCUT2D eigenvalue weighted by Crippen LogP contribution is -2.52. The molecule has 1 atom stereocenters. The molecule has 1 amide bonds. The second kappa shape index (κ2) is 11.0. The van der Waals surface area contributed by atoms with Gasteiger partial charge in [0.1, 0.15) is 28.5 Å². The van der Waals surface area contributed by atoms with E-state index in [2.05, 4.69) is 9.97 Å². The van der Waals surface area contributed by atoms with E-state index in [4.69, 9.17) is 4.74 Å². The number of fused-ring (bicyclic) bond motifs is 1. The smallest absolute Gasteiger partial charge is 0.424 e. The van der Waals surface area contributed by atoms with Gasteiger partial charge in [-0.2, -0.15) is 13.2 Å². The van der Waals surface area contributed by atoms with Gasteiger partial charge in [-0.3, -0.25) is 9.78 Å².